The van der Waals surface area contributed by atoms with Crippen LogP contribution in [-0.2, 0) is 4.74 Å². The summed E-state index contributed by atoms with van der Waals surface area (Å²) in [4.78, 5) is 25.7. The number of hydrogen-bond acceptors (Lipinski definition) is 4. The number of carbonyl (C=O) groups is 1. The van der Waals surface area contributed by atoms with Crippen LogP contribution < -0.4 is 16.6 Å². The first-order valence-electron chi connectivity index (χ1n) is 5.95. The summed E-state index contributed by atoms with van der Waals surface area (Å²) in [6.07, 6.45) is 1.37. The first kappa shape index (κ1) is 12.8. The number of rotatable bonds is 3. The Morgan fingerprint density at radius 2 is 2.17 bits per heavy atom. The third-order valence-corrected chi connectivity index (χ3v) is 3.23. The lowest BCUT2D eigenvalue weighted by atomic mass is 9.90. The maximum atomic E-state index is 12.1. The third kappa shape index (κ3) is 2.77. The molecule has 1 saturated heterocycles. The molecule has 0 aliphatic carbocycles. The molecular formula is C12H17N3O3. The first-order chi connectivity index (χ1) is 8.65. The van der Waals surface area contributed by atoms with Gasteiger partial charge in [-0.15, -0.1) is 0 Å². The second-order valence-corrected chi connectivity index (χ2v) is 4.48. The van der Waals surface area contributed by atoms with Gasteiger partial charge in [-0.2, -0.15) is 0 Å². The van der Waals surface area contributed by atoms with E-state index in [-0.39, 0.29) is 17.2 Å². The lowest BCUT2D eigenvalue weighted by molar-refractivity contribution is 0.0387. The summed E-state index contributed by atoms with van der Waals surface area (Å²) >= 11 is 0. The highest BCUT2D eigenvalue weighted by molar-refractivity contribution is 5.92. The van der Waals surface area contributed by atoms with E-state index < -0.39 is 5.54 Å². The molecule has 6 nitrogen and oxygen atoms in total. The van der Waals surface area contributed by atoms with Crippen LogP contribution in [0, 0.1) is 0 Å². The molecule has 98 valence electrons. The minimum absolute atomic E-state index is 0.252. The van der Waals surface area contributed by atoms with E-state index in [0.29, 0.717) is 32.6 Å². The summed E-state index contributed by atoms with van der Waals surface area (Å²) in [5.74, 6) is -0.306. The normalized spacial score (nSPS) is 18.3. The fourth-order valence-electron chi connectivity index (χ4n) is 2.03. The van der Waals surface area contributed by atoms with Crippen molar-refractivity contribution in [2.24, 2.45) is 5.73 Å². The van der Waals surface area contributed by atoms with Gasteiger partial charge in [0.15, 0.2) is 0 Å². The number of carbonyl (C=O) groups excluding carboxylic acids is 1. The van der Waals surface area contributed by atoms with Crippen LogP contribution in [0.3, 0.4) is 0 Å². The number of amides is 1. The second kappa shape index (κ2) is 5.32. The van der Waals surface area contributed by atoms with Crippen LogP contribution in [0.4, 0.5) is 0 Å². The second-order valence-electron chi connectivity index (χ2n) is 4.48. The highest BCUT2D eigenvalue weighted by atomic mass is 16.5. The molecule has 0 unspecified atom stereocenters. The molecule has 2 heterocycles. The van der Waals surface area contributed by atoms with Gasteiger partial charge in [0.2, 0.25) is 5.56 Å². The summed E-state index contributed by atoms with van der Waals surface area (Å²) in [6, 6.07) is 4.48. The van der Waals surface area contributed by atoms with Crippen LogP contribution in [0.1, 0.15) is 23.3 Å². The molecule has 0 saturated carbocycles. The number of nitrogens with two attached hydrogens (primary N) is 1. The number of nitrogens with one attached hydrogen (secondary N) is 2. The number of pyridine rings is 1. The molecular weight excluding hydrogens is 234 g/mol. The minimum atomic E-state index is -0.429. The molecule has 1 aromatic rings. The molecule has 1 fully saturated rings. The maximum absolute atomic E-state index is 12.1. The number of hydrogen-bond donors (Lipinski definition) is 3. The van der Waals surface area contributed by atoms with E-state index in [0.717, 1.165) is 0 Å². The Bertz CT molecular complexity index is 477. The molecule has 2 rings (SSSR count). The van der Waals surface area contributed by atoms with E-state index >= 15 is 0 Å². The maximum Gasteiger partial charge on any atom is 0.268 e. The molecule has 0 atom stereocenters. The van der Waals surface area contributed by atoms with Gasteiger partial charge in [-0.25, -0.2) is 0 Å². The van der Waals surface area contributed by atoms with Crippen LogP contribution in [-0.4, -0.2) is 36.2 Å². The van der Waals surface area contributed by atoms with Crippen LogP contribution in [0.25, 0.3) is 0 Å². The van der Waals surface area contributed by atoms with Gasteiger partial charge < -0.3 is 20.8 Å². The molecule has 1 aromatic heterocycles. The molecule has 0 spiro atoms. The average molecular weight is 251 g/mol. The van der Waals surface area contributed by atoms with E-state index in [1.165, 1.54) is 6.07 Å². The largest absolute Gasteiger partial charge is 0.381 e. The summed E-state index contributed by atoms with van der Waals surface area (Å²) in [7, 11) is 0. The van der Waals surface area contributed by atoms with Crippen molar-refractivity contribution in [3.63, 3.8) is 0 Å². The Morgan fingerprint density at radius 3 is 2.78 bits per heavy atom. The van der Waals surface area contributed by atoms with E-state index in [1.54, 1.807) is 12.1 Å². The molecule has 1 amide bonds. The minimum Gasteiger partial charge on any atom is -0.381 e. The molecule has 4 N–H and O–H groups in total. The summed E-state index contributed by atoms with van der Waals surface area (Å²) in [5, 5.41) is 2.91. The Balaban J connectivity index is 2.12. The number of H-pyrrole nitrogens is 1. The van der Waals surface area contributed by atoms with Gasteiger partial charge in [0.1, 0.15) is 5.69 Å². The van der Waals surface area contributed by atoms with E-state index in [4.69, 9.17) is 10.5 Å². The van der Waals surface area contributed by atoms with Gasteiger partial charge in [0.25, 0.3) is 5.91 Å². The van der Waals surface area contributed by atoms with Crippen LogP contribution in [0.15, 0.2) is 23.0 Å². The SMILES string of the molecule is NCC1(NC(=O)c2cccc(=O)[nH]2)CCOCC1. The van der Waals surface area contributed by atoms with Gasteiger partial charge in [-0.1, -0.05) is 6.07 Å². The Labute approximate surface area is 105 Å². The molecule has 0 bridgehead atoms. The van der Waals surface area contributed by atoms with Crippen molar-refractivity contribution < 1.29 is 9.53 Å². The van der Waals surface area contributed by atoms with Crippen LogP contribution in [0.2, 0.25) is 0 Å². The van der Waals surface area contributed by atoms with E-state index in [9.17, 15) is 9.59 Å². The van der Waals surface area contributed by atoms with Crippen molar-refractivity contribution in [2.45, 2.75) is 18.4 Å². The third-order valence-electron chi connectivity index (χ3n) is 3.23. The number of aromatic amines is 1. The molecule has 18 heavy (non-hydrogen) atoms. The molecule has 6 heteroatoms. The van der Waals surface area contributed by atoms with Crippen LogP contribution in [0.5, 0.6) is 0 Å². The van der Waals surface area contributed by atoms with Crippen molar-refractivity contribution in [1.29, 1.82) is 0 Å². The average Bonchev–Trinajstić information content (AvgIpc) is 2.40. The monoisotopic (exact) mass is 251 g/mol. The molecule has 1 aliphatic heterocycles. The first-order valence-corrected chi connectivity index (χ1v) is 5.95. The van der Waals surface area contributed by atoms with Crippen molar-refractivity contribution >= 4 is 5.91 Å². The van der Waals surface area contributed by atoms with Gasteiger partial charge in [-0.3, -0.25) is 9.59 Å². The standard InChI is InChI=1S/C12H17N3O3/c13-8-12(4-6-18-7-5-12)15-11(17)9-2-1-3-10(16)14-9/h1-3H,4-8,13H2,(H,14,16)(H,15,17). The molecule has 0 radical (unpaired) electrons. The zero-order valence-corrected chi connectivity index (χ0v) is 10.1. The zero-order valence-electron chi connectivity index (χ0n) is 10.1. The molecule has 0 aromatic carbocycles. The fraction of sp³-hybridized carbons (Fsp3) is 0.500. The van der Waals surface area contributed by atoms with Crippen molar-refractivity contribution in [3.05, 3.63) is 34.2 Å². The van der Waals surface area contributed by atoms with Gasteiger partial charge in [0.05, 0.1) is 5.54 Å². The number of aromatic nitrogens is 1. The topological polar surface area (TPSA) is 97.2 Å². The van der Waals surface area contributed by atoms with Crippen LogP contribution >= 0.6 is 0 Å². The predicted molar refractivity (Wildman–Crippen MR) is 66.4 cm³/mol. The van der Waals surface area contributed by atoms with Crippen molar-refractivity contribution in [1.82, 2.24) is 10.3 Å². The lowest BCUT2D eigenvalue weighted by Crippen LogP contribution is -2.56. The van der Waals surface area contributed by atoms with E-state index in [2.05, 4.69) is 10.3 Å². The quantitative estimate of drug-likeness (QED) is 0.681. The lowest BCUT2D eigenvalue weighted by Gasteiger charge is -2.36. The zero-order chi connectivity index (χ0) is 13.0. The Morgan fingerprint density at radius 1 is 1.44 bits per heavy atom. The van der Waals surface area contributed by atoms with Gasteiger partial charge in [-0.05, 0) is 18.9 Å². The highest BCUT2D eigenvalue weighted by Crippen LogP contribution is 2.19. The van der Waals surface area contributed by atoms with Gasteiger partial charge >= 0.3 is 0 Å². The van der Waals surface area contributed by atoms with E-state index in [1.807, 2.05) is 0 Å². The fourth-order valence-corrected chi connectivity index (χ4v) is 2.03. The van der Waals surface area contributed by atoms with Crippen molar-refractivity contribution in [2.75, 3.05) is 19.8 Å². The Kier molecular flexibility index (Phi) is 3.78. The Hall–Kier alpha value is -1.66. The molecule has 1 aliphatic rings. The smallest absolute Gasteiger partial charge is 0.268 e. The highest BCUT2D eigenvalue weighted by Gasteiger charge is 2.33. The summed E-state index contributed by atoms with van der Waals surface area (Å²) in [6.45, 7) is 1.53. The summed E-state index contributed by atoms with van der Waals surface area (Å²) < 4.78 is 5.27. The summed E-state index contributed by atoms with van der Waals surface area (Å²) in [5.41, 5.74) is 5.28. The van der Waals surface area contributed by atoms with Crippen molar-refractivity contribution in [3.8, 4) is 0 Å². The number of ether oxygens (including phenoxy) is 1. The van der Waals surface area contributed by atoms with Gasteiger partial charge in [0, 0.05) is 25.8 Å². The predicted octanol–water partition coefficient (Wildman–Crippen LogP) is -0.387.